The summed E-state index contributed by atoms with van der Waals surface area (Å²) >= 11 is 0. The van der Waals surface area contributed by atoms with Crippen molar-refractivity contribution in [1.82, 2.24) is 5.32 Å². The zero-order valence-corrected chi connectivity index (χ0v) is 20.2. The van der Waals surface area contributed by atoms with Gasteiger partial charge < -0.3 is 24.4 Å². The molecule has 8 nitrogen and oxygen atoms in total. The minimum atomic E-state index is -0.209. The molecular formula is C26H32N2O6. The Kier molecular flexibility index (Phi) is 8.65. The SMILES string of the molecule is COCCNC(=O)CCCN1C(=O)COc2ccc(C(=O)COc3c(C)cc(C)cc3C)cc21. The smallest absolute Gasteiger partial charge is 0.265 e. The molecule has 2 amide bonds. The van der Waals surface area contributed by atoms with Crippen molar-refractivity contribution in [1.29, 1.82) is 0 Å². The molecule has 2 aromatic rings. The van der Waals surface area contributed by atoms with Crippen LogP contribution < -0.4 is 19.7 Å². The minimum absolute atomic E-state index is 0.0740. The van der Waals surface area contributed by atoms with E-state index in [4.69, 9.17) is 14.2 Å². The molecule has 1 aliphatic heterocycles. The molecule has 0 atom stereocenters. The third kappa shape index (κ3) is 6.35. The summed E-state index contributed by atoms with van der Waals surface area (Å²) < 4.78 is 16.3. The molecule has 2 aromatic carbocycles. The fourth-order valence-corrected chi connectivity index (χ4v) is 4.01. The van der Waals surface area contributed by atoms with E-state index in [1.807, 2.05) is 32.9 Å². The second kappa shape index (κ2) is 11.7. The molecule has 0 fully saturated rings. The van der Waals surface area contributed by atoms with Gasteiger partial charge in [0.25, 0.3) is 5.91 Å². The largest absolute Gasteiger partial charge is 0.485 e. The van der Waals surface area contributed by atoms with Crippen LogP contribution in [0.3, 0.4) is 0 Å². The maximum Gasteiger partial charge on any atom is 0.265 e. The van der Waals surface area contributed by atoms with Gasteiger partial charge in [-0.05, 0) is 56.5 Å². The lowest BCUT2D eigenvalue weighted by atomic mass is 10.1. The Balaban J connectivity index is 1.66. The number of ketones is 1. The number of rotatable bonds is 11. The number of aryl methyl sites for hydroxylation is 3. The predicted octanol–water partition coefficient (Wildman–Crippen LogP) is 3.14. The van der Waals surface area contributed by atoms with Gasteiger partial charge in [0, 0.05) is 32.2 Å². The van der Waals surface area contributed by atoms with Crippen LogP contribution in [-0.2, 0) is 14.3 Å². The van der Waals surface area contributed by atoms with Gasteiger partial charge in [0.2, 0.25) is 5.91 Å². The summed E-state index contributed by atoms with van der Waals surface area (Å²) in [4.78, 5) is 38.9. The van der Waals surface area contributed by atoms with Gasteiger partial charge in [-0.2, -0.15) is 0 Å². The first-order valence-corrected chi connectivity index (χ1v) is 11.4. The molecule has 182 valence electrons. The summed E-state index contributed by atoms with van der Waals surface area (Å²) in [5.74, 6) is 0.741. The number of carbonyl (C=O) groups excluding carboxylic acids is 3. The summed E-state index contributed by atoms with van der Waals surface area (Å²) in [6, 6.07) is 9.07. The van der Waals surface area contributed by atoms with Crippen molar-refractivity contribution in [3.8, 4) is 11.5 Å². The first kappa shape index (κ1) is 25.2. The van der Waals surface area contributed by atoms with E-state index in [0.29, 0.717) is 48.9 Å². The number of methoxy groups -OCH3 is 1. The molecule has 1 aliphatic rings. The van der Waals surface area contributed by atoms with Crippen molar-refractivity contribution in [2.24, 2.45) is 0 Å². The van der Waals surface area contributed by atoms with Crippen molar-refractivity contribution in [3.05, 3.63) is 52.6 Å². The van der Waals surface area contributed by atoms with Gasteiger partial charge in [-0.25, -0.2) is 0 Å². The normalized spacial score (nSPS) is 12.7. The summed E-state index contributed by atoms with van der Waals surface area (Å²) in [7, 11) is 1.57. The van der Waals surface area contributed by atoms with E-state index in [9.17, 15) is 14.4 Å². The first-order valence-electron chi connectivity index (χ1n) is 11.4. The average molecular weight is 469 g/mol. The van der Waals surface area contributed by atoms with Crippen LogP contribution in [0.15, 0.2) is 30.3 Å². The van der Waals surface area contributed by atoms with Gasteiger partial charge in [0.05, 0.1) is 12.3 Å². The fourth-order valence-electron chi connectivity index (χ4n) is 4.01. The standard InChI is InChI=1S/C26H32N2O6/c1-17-12-18(2)26(19(3)13-17)34-15-22(29)20-7-8-23-21(14-20)28(25(31)16-33-23)10-5-6-24(30)27-9-11-32-4/h7-8,12-14H,5-6,9-11,15-16H2,1-4H3,(H,27,30). The second-order valence-corrected chi connectivity index (χ2v) is 8.40. The Morgan fingerprint density at radius 1 is 1.12 bits per heavy atom. The topological polar surface area (TPSA) is 94.2 Å². The summed E-state index contributed by atoms with van der Waals surface area (Å²) in [5, 5.41) is 2.76. The zero-order valence-electron chi connectivity index (χ0n) is 20.2. The average Bonchev–Trinajstić information content (AvgIpc) is 2.79. The zero-order chi connectivity index (χ0) is 24.7. The number of hydrogen-bond donors (Lipinski definition) is 1. The molecular weight excluding hydrogens is 436 g/mol. The van der Waals surface area contributed by atoms with Gasteiger partial charge >= 0.3 is 0 Å². The van der Waals surface area contributed by atoms with Crippen molar-refractivity contribution >= 4 is 23.3 Å². The number of nitrogens with one attached hydrogen (secondary N) is 1. The van der Waals surface area contributed by atoms with E-state index < -0.39 is 0 Å². The maximum atomic E-state index is 12.9. The second-order valence-electron chi connectivity index (χ2n) is 8.40. The van der Waals surface area contributed by atoms with Crippen LogP contribution >= 0.6 is 0 Å². The molecule has 3 rings (SSSR count). The molecule has 0 aromatic heterocycles. The lowest BCUT2D eigenvalue weighted by Crippen LogP contribution is -2.40. The molecule has 34 heavy (non-hydrogen) atoms. The predicted molar refractivity (Wildman–Crippen MR) is 129 cm³/mol. The Morgan fingerprint density at radius 3 is 2.56 bits per heavy atom. The van der Waals surface area contributed by atoms with Crippen molar-refractivity contribution in [2.45, 2.75) is 33.6 Å². The van der Waals surface area contributed by atoms with Crippen LogP contribution in [0.4, 0.5) is 5.69 Å². The number of anilines is 1. The van der Waals surface area contributed by atoms with Crippen LogP contribution in [0, 0.1) is 20.8 Å². The molecule has 0 radical (unpaired) electrons. The van der Waals surface area contributed by atoms with Crippen molar-refractivity contribution in [3.63, 3.8) is 0 Å². The molecule has 0 saturated carbocycles. The highest BCUT2D eigenvalue weighted by Gasteiger charge is 2.26. The van der Waals surface area contributed by atoms with Gasteiger partial charge in [-0.1, -0.05) is 17.7 Å². The Bertz CT molecular complexity index is 1040. The highest BCUT2D eigenvalue weighted by molar-refractivity contribution is 6.02. The summed E-state index contributed by atoms with van der Waals surface area (Å²) in [6.07, 6.45) is 0.767. The van der Waals surface area contributed by atoms with Gasteiger partial charge in [-0.3, -0.25) is 14.4 Å². The number of carbonyl (C=O) groups is 3. The number of amides is 2. The Morgan fingerprint density at radius 2 is 1.85 bits per heavy atom. The number of hydrogen-bond acceptors (Lipinski definition) is 6. The van der Waals surface area contributed by atoms with Crippen LogP contribution in [-0.4, -0.2) is 57.6 Å². The van der Waals surface area contributed by atoms with E-state index >= 15 is 0 Å². The fraction of sp³-hybridized carbons (Fsp3) is 0.423. The monoisotopic (exact) mass is 468 g/mol. The Labute approximate surface area is 200 Å². The summed E-state index contributed by atoms with van der Waals surface area (Å²) in [5.41, 5.74) is 4.06. The van der Waals surface area contributed by atoms with Crippen LogP contribution in [0.1, 0.15) is 39.9 Å². The molecule has 0 spiro atoms. The highest BCUT2D eigenvalue weighted by atomic mass is 16.5. The van der Waals surface area contributed by atoms with Crippen molar-refractivity contribution < 1.29 is 28.6 Å². The minimum Gasteiger partial charge on any atom is -0.485 e. The van der Waals surface area contributed by atoms with E-state index in [-0.39, 0.29) is 37.2 Å². The molecule has 1 heterocycles. The number of Topliss-reactive ketones (excluding diaryl/α,β-unsaturated/α-hetero) is 1. The van der Waals surface area contributed by atoms with Gasteiger partial charge in [0.15, 0.2) is 19.0 Å². The quantitative estimate of drug-likeness (QED) is 0.402. The van der Waals surface area contributed by atoms with Gasteiger partial charge in [-0.15, -0.1) is 0 Å². The van der Waals surface area contributed by atoms with E-state index in [1.54, 1.807) is 30.2 Å². The maximum absolute atomic E-state index is 12.9. The van der Waals surface area contributed by atoms with Crippen LogP contribution in [0.2, 0.25) is 0 Å². The molecule has 1 N–H and O–H groups in total. The number of ether oxygens (including phenoxy) is 3. The lowest BCUT2D eigenvalue weighted by molar-refractivity contribution is -0.123. The lowest BCUT2D eigenvalue weighted by Gasteiger charge is -2.29. The first-order chi connectivity index (χ1) is 16.3. The number of benzene rings is 2. The molecule has 0 unspecified atom stereocenters. The molecule has 8 heteroatoms. The molecule has 0 bridgehead atoms. The van der Waals surface area contributed by atoms with Crippen LogP contribution in [0.25, 0.3) is 0 Å². The van der Waals surface area contributed by atoms with E-state index in [0.717, 1.165) is 16.7 Å². The molecule has 0 aliphatic carbocycles. The number of fused-ring (bicyclic) bond motifs is 1. The van der Waals surface area contributed by atoms with E-state index in [2.05, 4.69) is 5.32 Å². The third-order valence-corrected chi connectivity index (χ3v) is 5.59. The highest BCUT2D eigenvalue weighted by Crippen LogP contribution is 2.33. The van der Waals surface area contributed by atoms with Crippen LogP contribution in [0.5, 0.6) is 11.5 Å². The number of nitrogens with zero attached hydrogens (tertiary/aromatic N) is 1. The van der Waals surface area contributed by atoms with E-state index in [1.165, 1.54) is 0 Å². The van der Waals surface area contributed by atoms with Gasteiger partial charge in [0.1, 0.15) is 11.5 Å². The van der Waals surface area contributed by atoms with Crippen molar-refractivity contribution in [2.75, 3.05) is 44.9 Å². The summed E-state index contributed by atoms with van der Waals surface area (Å²) in [6.45, 7) is 6.99. The Hall–Kier alpha value is -3.39. The molecule has 0 saturated heterocycles. The third-order valence-electron chi connectivity index (χ3n) is 5.59.